The number of carbonyl (C=O) groups is 2. The maximum absolute atomic E-state index is 12.3. The number of amides is 2. The van der Waals surface area contributed by atoms with Crippen molar-refractivity contribution in [3.8, 4) is 0 Å². The van der Waals surface area contributed by atoms with Crippen molar-refractivity contribution in [2.45, 2.75) is 32.1 Å². The first-order valence-electron chi connectivity index (χ1n) is 9.47. The average molecular weight is 359 g/mol. The molecule has 0 aromatic heterocycles. The molecule has 0 spiro atoms. The summed E-state index contributed by atoms with van der Waals surface area (Å²) in [6.45, 7) is 3.22. The van der Waals surface area contributed by atoms with Crippen LogP contribution in [0.5, 0.6) is 0 Å². The molecule has 2 amide bonds. The van der Waals surface area contributed by atoms with Gasteiger partial charge in [0.25, 0.3) is 0 Å². The third-order valence-corrected chi connectivity index (χ3v) is 5.61. The van der Waals surface area contributed by atoms with Crippen LogP contribution >= 0.6 is 0 Å². The van der Waals surface area contributed by atoms with Gasteiger partial charge < -0.3 is 20.7 Å². The Kier molecular flexibility index (Phi) is 6.27. The minimum Gasteiger partial charge on any atom is -0.384 e. The van der Waals surface area contributed by atoms with Gasteiger partial charge in [0.15, 0.2) is 0 Å². The smallest absolute Gasteiger partial charge is 0.227 e. The first kappa shape index (κ1) is 18.9. The van der Waals surface area contributed by atoms with E-state index in [4.69, 9.17) is 4.74 Å². The van der Waals surface area contributed by atoms with Crippen LogP contribution in [0.2, 0.25) is 0 Å². The molecule has 0 saturated carbocycles. The van der Waals surface area contributed by atoms with E-state index in [2.05, 4.69) is 16.0 Å². The van der Waals surface area contributed by atoms with Crippen molar-refractivity contribution in [3.05, 3.63) is 29.8 Å². The van der Waals surface area contributed by atoms with Gasteiger partial charge in [0.2, 0.25) is 11.8 Å². The van der Waals surface area contributed by atoms with Gasteiger partial charge in [0.1, 0.15) is 0 Å². The Hall–Kier alpha value is -1.92. The van der Waals surface area contributed by atoms with Crippen molar-refractivity contribution < 1.29 is 14.3 Å². The Morgan fingerprint density at radius 1 is 1.31 bits per heavy atom. The van der Waals surface area contributed by atoms with Crippen LogP contribution < -0.4 is 16.0 Å². The van der Waals surface area contributed by atoms with Crippen LogP contribution in [0, 0.1) is 11.3 Å². The predicted octanol–water partition coefficient (Wildman–Crippen LogP) is 1.71. The molecule has 2 aliphatic heterocycles. The van der Waals surface area contributed by atoms with Gasteiger partial charge in [-0.2, -0.15) is 0 Å². The molecule has 0 radical (unpaired) electrons. The molecule has 0 aliphatic carbocycles. The number of piperidine rings is 1. The Morgan fingerprint density at radius 2 is 2.08 bits per heavy atom. The number of benzene rings is 1. The summed E-state index contributed by atoms with van der Waals surface area (Å²) in [6.07, 6.45) is 3.66. The third-order valence-electron chi connectivity index (χ3n) is 5.61. The Labute approximate surface area is 155 Å². The second-order valence-corrected chi connectivity index (χ2v) is 7.55. The van der Waals surface area contributed by atoms with Crippen molar-refractivity contribution in [1.82, 2.24) is 10.6 Å². The van der Waals surface area contributed by atoms with Gasteiger partial charge in [0, 0.05) is 37.1 Å². The highest BCUT2D eigenvalue weighted by atomic mass is 16.5. The Morgan fingerprint density at radius 3 is 2.85 bits per heavy atom. The molecule has 2 aliphatic rings. The maximum atomic E-state index is 12.3. The lowest BCUT2D eigenvalue weighted by atomic mass is 9.79. The number of para-hydroxylation sites is 1. The molecule has 1 unspecified atom stereocenters. The summed E-state index contributed by atoms with van der Waals surface area (Å²) in [7, 11) is 1.71. The first-order chi connectivity index (χ1) is 12.6. The number of fused-ring (bicyclic) bond motifs is 1. The second kappa shape index (κ2) is 8.64. The maximum Gasteiger partial charge on any atom is 0.227 e. The number of hydrogen-bond donors (Lipinski definition) is 3. The SMILES string of the molecule is COCC1(CNC(=O)CCC2Cc3ccccc3NC2=O)CCNCC1. The van der Waals surface area contributed by atoms with Gasteiger partial charge in [-0.15, -0.1) is 0 Å². The summed E-state index contributed by atoms with van der Waals surface area (Å²) in [6, 6.07) is 7.86. The molecule has 142 valence electrons. The molecular weight excluding hydrogens is 330 g/mol. The molecule has 26 heavy (non-hydrogen) atoms. The Bertz CT molecular complexity index is 635. The van der Waals surface area contributed by atoms with Crippen molar-refractivity contribution >= 4 is 17.5 Å². The van der Waals surface area contributed by atoms with Gasteiger partial charge in [-0.25, -0.2) is 0 Å². The van der Waals surface area contributed by atoms with Gasteiger partial charge in [-0.1, -0.05) is 18.2 Å². The van der Waals surface area contributed by atoms with Crippen LogP contribution in [-0.4, -0.2) is 45.2 Å². The van der Waals surface area contributed by atoms with E-state index in [0.29, 0.717) is 32.4 Å². The van der Waals surface area contributed by atoms with Crippen LogP contribution in [-0.2, 0) is 20.7 Å². The molecule has 3 rings (SSSR count). The van der Waals surface area contributed by atoms with E-state index in [0.717, 1.165) is 37.2 Å². The molecule has 1 fully saturated rings. The minimum atomic E-state index is -0.137. The lowest BCUT2D eigenvalue weighted by Crippen LogP contribution is -2.47. The number of rotatable bonds is 7. The van der Waals surface area contributed by atoms with Crippen molar-refractivity contribution in [2.24, 2.45) is 11.3 Å². The summed E-state index contributed by atoms with van der Waals surface area (Å²) in [4.78, 5) is 24.6. The highest BCUT2D eigenvalue weighted by molar-refractivity contribution is 5.96. The molecular formula is C20H29N3O3. The van der Waals surface area contributed by atoms with E-state index in [1.165, 1.54) is 0 Å². The van der Waals surface area contributed by atoms with E-state index < -0.39 is 0 Å². The van der Waals surface area contributed by atoms with E-state index >= 15 is 0 Å². The molecule has 6 heteroatoms. The molecule has 3 N–H and O–H groups in total. The molecule has 1 atom stereocenters. The zero-order chi connectivity index (χ0) is 18.4. The summed E-state index contributed by atoms with van der Waals surface area (Å²) in [5, 5.41) is 9.37. The zero-order valence-electron chi connectivity index (χ0n) is 15.5. The minimum absolute atomic E-state index is 0.0191. The monoisotopic (exact) mass is 359 g/mol. The number of ether oxygens (including phenoxy) is 1. The van der Waals surface area contributed by atoms with Gasteiger partial charge >= 0.3 is 0 Å². The van der Waals surface area contributed by atoms with Crippen LogP contribution in [0.1, 0.15) is 31.2 Å². The van der Waals surface area contributed by atoms with Crippen molar-refractivity contribution in [1.29, 1.82) is 0 Å². The number of nitrogens with one attached hydrogen (secondary N) is 3. The largest absolute Gasteiger partial charge is 0.384 e. The highest BCUT2D eigenvalue weighted by Crippen LogP contribution is 2.29. The fraction of sp³-hybridized carbons (Fsp3) is 0.600. The molecule has 6 nitrogen and oxygen atoms in total. The van der Waals surface area contributed by atoms with Crippen LogP contribution in [0.4, 0.5) is 5.69 Å². The number of carbonyl (C=O) groups excluding carboxylic acids is 2. The standard InChI is InChI=1S/C20H29N3O3/c1-26-14-20(8-10-21-11-9-20)13-22-18(24)7-6-16-12-15-4-2-3-5-17(15)23-19(16)25/h2-5,16,21H,6-14H2,1H3,(H,22,24)(H,23,25). The second-order valence-electron chi connectivity index (χ2n) is 7.55. The summed E-state index contributed by atoms with van der Waals surface area (Å²) in [5.41, 5.74) is 2.06. The normalized spacial score (nSPS) is 21.6. The number of anilines is 1. The number of methoxy groups -OCH3 is 1. The molecule has 1 aromatic rings. The lowest BCUT2D eigenvalue weighted by Gasteiger charge is -2.37. The van der Waals surface area contributed by atoms with Crippen molar-refractivity contribution in [2.75, 3.05) is 38.7 Å². The fourth-order valence-corrected chi connectivity index (χ4v) is 3.96. The molecule has 2 heterocycles. The van der Waals surface area contributed by atoms with Gasteiger partial charge in [0.05, 0.1) is 6.61 Å². The highest BCUT2D eigenvalue weighted by Gasteiger charge is 2.32. The number of hydrogen-bond acceptors (Lipinski definition) is 4. The average Bonchev–Trinajstić information content (AvgIpc) is 2.66. The summed E-state index contributed by atoms with van der Waals surface area (Å²) in [5.74, 6) is -0.0983. The molecule has 1 saturated heterocycles. The van der Waals surface area contributed by atoms with Gasteiger partial charge in [-0.3, -0.25) is 9.59 Å². The fourth-order valence-electron chi connectivity index (χ4n) is 3.96. The quantitative estimate of drug-likeness (QED) is 0.692. The molecule has 1 aromatic carbocycles. The lowest BCUT2D eigenvalue weighted by molar-refractivity contribution is -0.123. The van der Waals surface area contributed by atoms with E-state index in [9.17, 15) is 9.59 Å². The van der Waals surface area contributed by atoms with E-state index in [1.54, 1.807) is 7.11 Å². The predicted molar refractivity (Wildman–Crippen MR) is 101 cm³/mol. The topological polar surface area (TPSA) is 79.5 Å². The van der Waals surface area contributed by atoms with E-state index in [-0.39, 0.29) is 23.1 Å². The van der Waals surface area contributed by atoms with E-state index in [1.807, 2.05) is 24.3 Å². The van der Waals surface area contributed by atoms with Gasteiger partial charge in [-0.05, 0) is 50.4 Å². The summed E-state index contributed by atoms with van der Waals surface area (Å²) < 4.78 is 5.39. The molecule has 0 bridgehead atoms. The zero-order valence-corrected chi connectivity index (χ0v) is 15.5. The first-order valence-corrected chi connectivity index (χ1v) is 9.47. The third kappa shape index (κ3) is 4.62. The van der Waals surface area contributed by atoms with Crippen LogP contribution in [0.15, 0.2) is 24.3 Å². The van der Waals surface area contributed by atoms with Crippen LogP contribution in [0.25, 0.3) is 0 Å². The summed E-state index contributed by atoms with van der Waals surface area (Å²) >= 11 is 0. The van der Waals surface area contributed by atoms with Crippen molar-refractivity contribution in [3.63, 3.8) is 0 Å². The Balaban J connectivity index is 1.47. The van der Waals surface area contributed by atoms with Crippen LogP contribution in [0.3, 0.4) is 0 Å².